The minimum Gasteiger partial charge on any atom is -0.368 e. The predicted molar refractivity (Wildman–Crippen MR) is 69.4 cm³/mol. The Kier molecular flexibility index (Phi) is 3.59. The summed E-state index contributed by atoms with van der Waals surface area (Å²) in [6.45, 7) is 1.48. The summed E-state index contributed by atoms with van der Waals surface area (Å²) < 4.78 is 11.0. The molecule has 0 radical (unpaired) electrons. The molecule has 2 fully saturated rings. The van der Waals surface area contributed by atoms with Crippen LogP contribution in [0.5, 0.6) is 0 Å². The summed E-state index contributed by atoms with van der Waals surface area (Å²) in [6.07, 6.45) is 4.43. The normalized spacial score (nSPS) is 26.8. The number of aromatic nitrogens is 2. The summed E-state index contributed by atoms with van der Waals surface area (Å²) in [7, 11) is 0. The second kappa shape index (κ2) is 5.19. The van der Waals surface area contributed by atoms with Crippen LogP contribution in [0.4, 0.5) is 0 Å². The molecule has 1 unspecified atom stereocenters. The first kappa shape index (κ1) is 12.4. The Bertz CT molecular complexity index is 394. The summed E-state index contributed by atoms with van der Waals surface area (Å²) in [4.78, 5) is 4.48. The number of ether oxygens (including phenoxy) is 1. The van der Waals surface area contributed by atoms with Crippen LogP contribution in [-0.4, -0.2) is 34.8 Å². The van der Waals surface area contributed by atoms with E-state index < -0.39 is 0 Å². The van der Waals surface area contributed by atoms with Crippen molar-refractivity contribution in [1.29, 1.82) is 0 Å². The van der Waals surface area contributed by atoms with Crippen LogP contribution in [0.1, 0.15) is 37.1 Å². The Morgan fingerprint density at radius 3 is 2.94 bits per heavy atom. The highest BCUT2D eigenvalue weighted by molar-refractivity contribution is 7.99. The van der Waals surface area contributed by atoms with Gasteiger partial charge in [0, 0.05) is 17.9 Å². The molecule has 0 amide bonds. The van der Waals surface area contributed by atoms with Crippen molar-refractivity contribution in [2.24, 2.45) is 11.1 Å². The average molecular weight is 269 g/mol. The SMILES string of the molecule is NCC1(Cc2nc(C3CSCCO3)no2)CCC1. The fourth-order valence-corrected chi connectivity index (χ4v) is 3.40. The van der Waals surface area contributed by atoms with Gasteiger partial charge >= 0.3 is 0 Å². The molecule has 1 aliphatic carbocycles. The lowest BCUT2D eigenvalue weighted by Gasteiger charge is -2.39. The molecule has 2 heterocycles. The van der Waals surface area contributed by atoms with Crippen LogP contribution >= 0.6 is 11.8 Å². The summed E-state index contributed by atoms with van der Waals surface area (Å²) in [5, 5.41) is 4.05. The van der Waals surface area contributed by atoms with Crippen molar-refractivity contribution in [3.63, 3.8) is 0 Å². The van der Waals surface area contributed by atoms with Gasteiger partial charge in [-0.15, -0.1) is 0 Å². The third kappa shape index (κ3) is 2.41. The molecule has 1 aliphatic heterocycles. The van der Waals surface area contributed by atoms with Gasteiger partial charge in [0.25, 0.3) is 0 Å². The predicted octanol–water partition coefficient (Wildman–Crippen LogP) is 1.55. The molecule has 18 heavy (non-hydrogen) atoms. The van der Waals surface area contributed by atoms with E-state index in [4.69, 9.17) is 15.0 Å². The maximum absolute atomic E-state index is 5.85. The van der Waals surface area contributed by atoms with Crippen LogP contribution in [0.2, 0.25) is 0 Å². The van der Waals surface area contributed by atoms with Gasteiger partial charge in [-0.05, 0) is 24.8 Å². The summed E-state index contributed by atoms with van der Waals surface area (Å²) in [6, 6.07) is 0. The highest BCUT2D eigenvalue weighted by Crippen LogP contribution is 2.42. The van der Waals surface area contributed by atoms with Crippen LogP contribution in [0.25, 0.3) is 0 Å². The summed E-state index contributed by atoms with van der Waals surface area (Å²) in [5.74, 6) is 3.39. The molecular weight excluding hydrogens is 250 g/mol. The van der Waals surface area contributed by atoms with Crippen molar-refractivity contribution >= 4 is 11.8 Å². The fraction of sp³-hybridized carbons (Fsp3) is 0.833. The number of hydrogen-bond donors (Lipinski definition) is 1. The van der Waals surface area contributed by atoms with E-state index in [-0.39, 0.29) is 11.5 Å². The van der Waals surface area contributed by atoms with Gasteiger partial charge in [0.05, 0.1) is 6.61 Å². The molecule has 1 aromatic heterocycles. The van der Waals surface area contributed by atoms with Gasteiger partial charge in [0.2, 0.25) is 11.7 Å². The molecule has 2 aliphatic rings. The molecule has 2 N–H and O–H groups in total. The van der Waals surface area contributed by atoms with E-state index in [0.29, 0.717) is 18.3 Å². The molecule has 1 atom stereocenters. The molecule has 6 heteroatoms. The fourth-order valence-electron chi connectivity index (χ4n) is 2.56. The number of nitrogens with two attached hydrogens (primary N) is 1. The van der Waals surface area contributed by atoms with Crippen LogP contribution in [0.15, 0.2) is 4.52 Å². The molecule has 1 saturated carbocycles. The molecule has 0 spiro atoms. The molecule has 3 rings (SSSR count). The van der Waals surface area contributed by atoms with Crippen molar-refractivity contribution < 1.29 is 9.26 Å². The van der Waals surface area contributed by atoms with Crippen molar-refractivity contribution in [2.75, 3.05) is 24.7 Å². The Balaban J connectivity index is 1.65. The zero-order valence-electron chi connectivity index (χ0n) is 10.4. The molecule has 0 bridgehead atoms. The van der Waals surface area contributed by atoms with E-state index in [0.717, 1.165) is 24.5 Å². The quantitative estimate of drug-likeness (QED) is 0.894. The number of rotatable bonds is 4. The largest absolute Gasteiger partial charge is 0.368 e. The Hall–Kier alpha value is -0.590. The topological polar surface area (TPSA) is 74.2 Å². The number of hydrogen-bond acceptors (Lipinski definition) is 6. The van der Waals surface area contributed by atoms with Crippen LogP contribution in [0.3, 0.4) is 0 Å². The molecule has 5 nitrogen and oxygen atoms in total. The maximum Gasteiger partial charge on any atom is 0.227 e. The first-order valence-electron chi connectivity index (χ1n) is 6.53. The van der Waals surface area contributed by atoms with Crippen LogP contribution in [0, 0.1) is 5.41 Å². The molecule has 1 saturated heterocycles. The third-order valence-electron chi connectivity index (χ3n) is 3.96. The minimum absolute atomic E-state index is 0.00327. The second-order valence-corrected chi connectivity index (χ2v) is 6.36. The van der Waals surface area contributed by atoms with E-state index in [2.05, 4.69) is 10.1 Å². The summed E-state index contributed by atoms with van der Waals surface area (Å²) >= 11 is 1.87. The van der Waals surface area contributed by atoms with Gasteiger partial charge in [-0.2, -0.15) is 16.7 Å². The van der Waals surface area contributed by atoms with E-state index >= 15 is 0 Å². The lowest BCUT2D eigenvalue weighted by molar-refractivity contribution is 0.0677. The zero-order valence-corrected chi connectivity index (χ0v) is 11.2. The van der Waals surface area contributed by atoms with Gasteiger partial charge < -0.3 is 15.0 Å². The molecule has 0 aromatic carbocycles. The lowest BCUT2D eigenvalue weighted by atomic mass is 9.67. The van der Waals surface area contributed by atoms with E-state index in [1.54, 1.807) is 0 Å². The standard InChI is InChI=1S/C12H19N3O2S/c13-8-12(2-1-3-12)6-10-14-11(15-17-10)9-7-18-5-4-16-9/h9H,1-8,13H2. The Labute approximate surface area is 111 Å². The van der Waals surface area contributed by atoms with E-state index in [1.165, 1.54) is 19.3 Å². The zero-order chi connectivity index (χ0) is 12.4. The van der Waals surface area contributed by atoms with Crippen LogP contribution < -0.4 is 5.73 Å². The van der Waals surface area contributed by atoms with E-state index in [1.807, 2.05) is 11.8 Å². The van der Waals surface area contributed by atoms with Gasteiger partial charge in [-0.25, -0.2) is 0 Å². The first-order valence-corrected chi connectivity index (χ1v) is 7.69. The highest BCUT2D eigenvalue weighted by Gasteiger charge is 2.37. The Morgan fingerprint density at radius 2 is 2.33 bits per heavy atom. The lowest BCUT2D eigenvalue weighted by Crippen LogP contribution is -2.39. The van der Waals surface area contributed by atoms with Gasteiger partial charge in [-0.3, -0.25) is 0 Å². The van der Waals surface area contributed by atoms with Crippen molar-refractivity contribution in [1.82, 2.24) is 10.1 Å². The van der Waals surface area contributed by atoms with Gasteiger partial charge in [0.15, 0.2) is 0 Å². The Morgan fingerprint density at radius 1 is 1.44 bits per heavy atom. The maximum atomic E-state index is 5.85. The molecular formula is C12H19N3O2S. The van der Waals surface area contributed by atoms with Crippen molar-refractivity contribution in [3.8, 4) is 0 Å². The minimum atomic E-state index is -0.00327. The van der Waals surface area contributed by atoms with E-state index in [9.17, 15) is 0 Å². The molecule has 100 valence electrons. The summed E-state index contributed by atoms with van der Waals surface area (Å²) in [5.41, 5.74) is 6.06. The average Bonchev–Trinajstić information content (AvgIpc) is 2.83. The number of nitrogens with zero attached hydrogens (tertiary/aromatic N) is 2. The number of thioether (sulfide) groups is 1. The van der Waals surface area contributed by atoms with Crippen molar-refractivity contribution in [2.45, 2.75) is 31.8 Å². The second-order valence-electron chi connectivity index (χ2n) is 5.22. The monoisotopic (exact) mass is 269 g/mol. The van der Waals surface area contributed by atoms with Gasteiger partial charge in [0.1, 0.15) is 6.10 Å². The van der Waals surface area contributed by atoms with Crippen molar-refractivity contribution in [3.05, 3.63) is 11.7 Å². The smallest absolute Gasteiger partial charge is 0.227 e. The highest BCUT2D eigenvalue weighted by atomic mass is 32.2. The van der Waals surface area contributed by atoms with Gasteiger partial charge in [-0.1, -0.05) is 11.6 Å². The third-order valence-corrected chi connectivity index (χ3v) is 4.95. The first-order chi connectivity index (χ1) is 8.81. The van der Waals surface area contributed by atoms with Crippen LogP contribution in [-0.2, 0) is 11.2 Å². The molecule has 1 aromatic rings.